The molecule has 0 aromatic rings. The second-order valence-electron chi connectivity index (χ2n) is 9.71. The summed E-state index contributed by atoms with van der Waals surface area (Å²) in [6.45, 7) is 10.6. The van der Waals surface area contributed by atoms with Crippen LogP contribution in [-0.4, -0.2) is 33.0 Å². The van der Waals surface area contributed by atoms with E-state index in [-0.39, 0.29) is 29.1 Å². The number of hydrogen-bond donors (Lipinski definition) is 3. The van der Waals surface area contributed by atoms with Crippen molar-refractivity contribution in [1.82, 2.24) is 0 Å². The number of rotatable bonds is 5. The molecule has 2 aliphatic carbocycles. The quantitative estimate of drug-likeness (QED) is 0.710. The van der Waals surface area contributed by atoms with E-state index in [0.717, 1.165) is 25.7 Å². The molecule has 0 aliphatic heterocycles. The predicted molar refractivity (Wildman–Crippen MR) is 94.6 cm³/mol. The lowest BCUT2D eigenvalue weighted by atomic mass is 9.44. The van der Waals surface area contributed by atoms with Crippen LogP contribution in [0.3, 0.4) is 0 Å². The van der Waals surface area contributed by atoms with Gasteiger partial charge in [0.15, 0.2) is 0 Å². The average molecular weight is 341 g/mol. The lowest BCUT2D eigenvalue weighted by Gasteiger charge is -2.62. The zero-order valence-corrected chi connectivity index (χ0v) is 16.0. The molecule has 6 atom stereocenters. The van der Waals surface area contributed by atoms with Crippen molar-refractivity contribution in [3.8, 4) is 0 Å². The third-order valence-electron chi connectivity index (χ3n) is 7.38. The van der Waals surface area contributed by atoms with Gasteiger partial charge < -0.3 is 15.3 Å². The van der Waals surface area contributed by atoms with Gasteiger partial charge in [-0.25, -0.2) is 0 Å². The molecule has 0 radical (unpaired) electrons. The largest absolute Gasteiger partial charge is 0.481 e. The van der Waals surface area contributed by atoms with Crippen LogP contribution in [-0.2, 0) is 4.79 Å². The van der Waals surface area contributed by atoms with Crippen molar-refractivity contribution in [2.45, 2.75) is 91.3 Å². The number of carboxylic acids is 1. The maximum atomic E-state index is 11.1. The first-order chi connectivity index (χ1) is 10.9. The molecule has 0 saturated heterocycles. The van der Waals surface area contributed by atoms with Crippen LogP contribution in [0.15, 0.2) is 0 Å². The number of aliphatic carboxylic acids is 1. The van der Waals surface area contributed by atoms with Crippen LogP contribution in [0.5, 0.6) is 0 Å². The minimum Gasteiger partial charge on any atom is -0.481 e. The Morgan fingerprint density at radius 3 is 2.42 bits per heavy atom. The summed E-state index contributed by atoms with van der Waals surface area (Å²) in [7, 11) is 0. The maximum absolute atomic E-state index is 11.1. The molecule has 4 heteroatoms. The maximum Gasteiger partial charge on any atom is 0.303 e. The molecule has 0 spiro atoms. The van der Waals surface area contributed by atoms with Crippen molar-refractivity contribution in [3.05, 3.63) is 0 Å². The Labute approximate surface area is 146 Å². The Morgan fingerprint density at radius 1 is 1.21 bits per heavy atom. The minimum atomic E-state index is -1.10. The van der Waals surface area contributed by atoms with Gasteiger partial charge in [-0.1, -0.05) is 34.1 Å². The van der Waals surface area contributed by atoms with Crippen molar-refractivity contribution in [2.75, 3.05) is 0 Å². The van der Waals surface area contributed by atoms with Gasteiger partial charge in [-0.05, 0) is 67.6 Å². The normalized spacial score (nSPS) is 43.0. The molecule has 3 N–H and O–H groups in total. The van der Waals surface area contributed by atoms with E-state index in [1.54, 1.807) is 6.92 Å². The van der Waals surface area contributed by atoms with E-state index in [4.69, 9.17) is 5.11 Å². The molecule has 0 unspecified atom stereocenters. The second-order valence-corrected chi connectivity index (χ2v) is 9.71. The molecule has 0 aromatic heterocycles. The molecule has 0 amide bonds. The van der Waals surface area contributed by atoms with Gasteiger partial charge >= 0.3 is 5.97 Å². The number of hydrogen-bond acceptors (Lipinski definition) is 3. The molecule has 0 bridgehead atoms. The van der Waals surface area contributed by atoms with Crippen LogP contribution in [0.1, 0.15) is 79.6 Å². The summed E-state index contributed by atoms with van der Waals surface area (Å²) in [5.74, 6) is -0.264. The molecular formula is C20H36O4. The van der Waals surface area contributed by atoms with E-state index >= 15 is 0 Å². The molecule has 4 nitrogen and oxygen atoms in total. The Kier molecular flexibility index (Phi) is 5.42. The Hall–Kier alpha value is -0.610. The first kappa shape index (κ1) is 19.7. The number of aliphatic hydroxyl groups excluding tert-OH is 1. The molecule has 0 aromatic carbocycles. The Bertz CT molecular complexity index is 470. The van der Waals surface area contributed by atoms with Gasteiger partial charge in [-0.3, -0.25) is 4.79 Å². The lowest BCUT2D eigenvalue weighted by Crippen LogP contribution is -2.63. The summed E-state index contributed by atoms with van der Waals surface area (Å²) < 4.78 is 0. The highest BCUT2D eigenvalue weighted by Crippen LogP contribution is 2.63. The molecule has 2 aliphatic rings. The van der Waals surface area contributed by atoms with Gasteiger partial charge in [0.05, 0.1) is 11.7 Å². The second kappa shape index (κ2) is 6.60. The van der Waals surface area contributed by atoms with Crippen molar-refractivity contribution in [2.24, 2.45) is 28.6 Å². The minimum absolute atomic E-state index is 0.00736. The number of aliphatic hydroxyl groups is 2. The molecule has 24 heavy (non-hydrogen) atoms. The summed E-state index contributed by atoms with van der Waals surface area (Å²) in [5.41, 5.74) is -0.912. The van der Waals surface area contributed by atoms with E-state index in [1.807, 2.05) is 6.92 Å². The van der Waals surface area contributed by atoms with E-state index in [0.29, 0.717) is 12.3 Å². The highest BCUT2D eigenvalue weighted by atomic mass is 16.4. The van der Waals surface area contributed by atoms with Crippen LogP contribution in [0, 0.1) is 28.6 Å². The lowest BCUT2D eigenvalue weighted by molar-refractivity contribution is -0.221. The SMILES string of the molecule is C[C@@H](CC[C@@H]1[C@@](C)(O)[C@H](O)C[C@@H]2C(C)(C)CCC[C@@]21C)CC(=O)O. The first-order valence-electron chi connectivity index (χ1n) is 9.53. The van der Waals surface area contributed by atoms with Gasteiger partial charge in [0.2, 0.25) is 0 Å². The van der Waals surface area contributed by atoms with E-state index in [2.05, 4.69) is 20.8 Å². The standard InChI is InChI=1S/C20H36O4/c1-13(11-17(22)23)7-8-14-19(4)10-6-9-18(2,3)15(19)12-16(21)20(14,5)24/h13-16,21,24H,6-12H2,1-5H3,(H,22,23)/t13-,14-,15+,16+,19+,20+/m0/s1. The smallest absolute Gasteiger partial charge is 0.303 e. The van der Waals surface area contributed by atoms with Gasteiger partial charge in [0, 0.05) is 6.42 Å². The van der Waals surface area contributed by atoms with Gasteiger partial charge in [-0.2, -0.15) is 0 Å². The van der Waals surface area contributed by atoms with Gasteiger partial charge in [0.25, 0.3) is 0 Å². The summed E-state index contributed by atoms with van der Waals surface area (Å²) in [6, 6.07) is 0. The van der Waals surface area contributed by atoms with Crippen LogP contribution in [0.2, 0.25) is 0 Å². The van der Waals surface area contributed by atoms with Crippen molar-refractivity contribution in [1.29, 1.82) is 0 Å². The molecule has 2 fully saturated rings. The van der Waals surface area contributed by atoms with Gasteiger partial charge in [0.1, 0.15) is 0 Å². The zero-order chi connectivity index (χ0) is 18.3. The van der Waals surface area contributed by atoms with Crippen molar-refractivity contribution < 1.29 is 20.1 Å². The summed E-state index contributed by atoms with van der Waals surface area (Å²) in [5, 5.41) is 30.7. The van der Waals surface area contributed by atoms with E-state index in [1.165, 1.54) is 6.42 Å². The number of fused-ring (bicyclic) bond motifs is 1. The number of carboxylic acid groups (broad SMARTS) is 1. The van der Waals surface area contributed by atoms with Crippen LogP contribution >= 0.6 is 0 Å². The molecule has 140 valence electrons. The zero-order valence-electron chi connectivity index (χ0n) is 16.0. The highest BCUT2D eigenvalue weighted by molar-refractivity contribution is 5.66. The Balaban J connectivity index is 2.25. The Morgan fingerprint density at radius 2 is 1.83 bits per heavy atom. The van der Waals surface area contributed by atoms with E-state index < -0.39 is 17.7 Å². The monoisotopic (exact) mass is 340 g/mol. The molecule has 2 rings (SSSR count). The summed E-state index contributed by atoms with van der Waals surface area (Å²) in [4.78, 5) is 10.9. The van der Waals surface area contributed by atoms with E-state index in [9.17, 15) is 15.0 Å². The third kappa shape index (κ3) is 3.50. The van der Waals surface area contributed by atoms with Crippen LogP contribution in [0.25, 0.3) is 0 Å². The molecule has 2 saturated carbocycles. The average Bonchev–Trinajstić information content (AvgIpc) is 2.40. The highest BCUT2D eigenvalue weighted by Gasteiger charge is 2.60. The van der Waals surface area contributed by atoms with Crippen LogP contribution in [0.4, 0.5) is 0 Å². The summed E-state index contributed by atoms with van der Waals surface area (Å²) >= 11 is 0. The number of carbonyl (C=O) groups is 1. The fourth-order valence-electron chi connectivity index (χ4n) is 6.01. The molecule has 0 heterocycles. The van der Waals surface area contributed by atoms with Crippen molar-refractivity contribution >= 4 is 5.97 Å². The first-order valence-corrected chi connectivity index (χ1v) is 9.53. The van der Waals surface area contributed by atoms with Gasteiger partial charge in [-0.15, -0.1) is 0 Å². The van der Waals surface area contributed by atoms with Crippen LogP contribution < -0.4 is 0 Å². The fourth-order valence-corrected chi connectivity index (χ4v) is 6.01. The molecular weight excluding hydrogens is 304 g/mol. The topological polar surface area (TPSA) is 77.8 Å². The third-order valence-corrected chi connectivity index (χ3v) is 7.38. The predicted octanol–water partition coefficient (Wildman–Crippen LogP) is 3.84. The van der Waals surface area contributed by atoms with Crippen molar-refractivity contribution in [3.63, 3.8) is 0 Å². The fraction of sp³-hybridized carbons (Fsp3) is 0.950. The summed E-state index contributed by atoms with van der Waals surface area (Å²) in [6.07, 6.45) is 5.11.